The highest BCUT2D eigenvalue weighted by atomic mass is 16.5. The third-order valence-corrected chi connectivity index (χ3v) is 3.38. The maximum Gasteiger partial charge on any atom is 0.259 e. The minimum absolute atomic E-state index is 0.0451. The molecule has 19 heavy (non-hydrogen) atoms. The molecule has 1 amide bonds. The van der Waals surface area contributed by atoms with E-state index in [0.717, 1.165) is 31.6 Å². The predicted molar refractivity (Wildman–Crippen MR) is 74.6 cm³/mol. The molecule has 2 rings (SSSR count). The van der Waals surface area contributed by atoms with Crippen LogP contribution < -0.4 is 4.74 Å². The number of carbonyl (C=O) groups excluding carboxylic acids is 1. The van der Waals surface area contributed by atoms with Crippen molar-refractivity contribution < 1.29 is 9.53 Å². The molecule has 0 atom stereocenters. The molecule has 104 valence electrons. The van der Waals surface area contributed by atoms with E-state index in [-0.39, 0.29) is 5.91 Å². The van der Waals surface area contributed by atoms with E-state index in [1.54, 1.807) is 0 Å². The molecule has 0 radical (unpaired) electrons. The summed E-state index contributed by atoms with van der Waals surface area (Å²) in [5.74, 6) is 0.851. The van der Waals surface area contributed by atoms with Crippen LogP contribution >= 0.6 is 0 Å². The fraction of sp³-hybridized carbons (Fsp3) is 0.600. The fourth-order valence-electron chi connectivity index (χ4n) is 2.28. The van der Waals surface area contributed by atoms with Gasteiger partial charge in [0.2, 0.25) is 5.88 Å². The zero-order valence-corrected chi connectivity index (χ0v) is 12.0. The van der Waals surface area contributed by atoms with Crippen LogP contribution in [0.3, 0.4) is 0 Å². The van der Waals surface area contributed by atoms with E-state index in [0.29, 0.717) is 24.0 Å². The fourth-order valence-corrected chi connectivity index (χ4v) is 2.28. The van der Waals surface area contributed by atoms with Crippen LogP contribution in [-0.4, -0.2) is 35.5 Å². The Labute approximate surface area is 114 Å². The molecule has 2 heterocycles. The van der Waals surface area contributed by atoms with Gasteiger partial charge in [-0.25, -0.2) is 4.98 Å². The van der Waals surface area contributed by atoms with Gasteiger partial charge in [0.05, 0.1) is 6.61 Å². The molecular formula is C15H22N2O2. The lowest BCUT2D eigenvalue weighted by Gasteiger charge is -2.18. The average molecular weight is 262 g/mol. The van der Waals surface area contributed by atoms with E-state index in [4.69, 9.17) is 4.74 Å². The van der Waals surface area contributed by atoms with Crippen molar-refractivity contribution in [1.82, 2.24) is 9.88 Å². The smallest absolute Gasteiger partial charge is 0.259 e. The van der Waals surface area contributed by atoms with E-state index in [2.05, 4.69) is 18.8 Å². The maximum absolute atomic E-state index is 12.4. The Morgan fingerprint density at radius 2 is 2.05 bits per heavy atom. The molecule has 1 fully saturated rings. The number of likely N-dealkylation sites (tertiary alicyclic amines) is 1. The topological polar surface area (TPSA) is 42.4 Å². The zero-order valence-electron chi connectivity index (χ0n) is 12.0. The molecule has 4 nitrogen and oxygen atoms in total. The quantitative estimate of drug-likeness (QED) is 0.838. The zero-order chi connectivity index (χ0) is 13.8. The summed E-state index contributed by atoms with van der Waals surface area (Å²) in [6.07, 6.45) is 2.18. The third kappa shape index (κ3) is 3.06. The Hall–Kier alpha value is -1.58. The Balaban J connectivity index is 2.29. The van der Waals surface area contributed by atoms with Crippen LogP contribution in [0.1, 0.15) is 55.6 Å². The van der Waals surface area contributed by atoms with Gasteiger partial charge in [0.15, 0.2) is 0 Å². The summed E-state index contributed by atoms with van der Waals surface area (Å²) in [7, 11) is 0. The normalized spacial score (nSPS) is 15.1. The number of hydrogen-bond donors (Lipinski definition) is 0. The van der Waals surface area contributed by atoms with Crippen molar-refractivity contribution in [2.45, 2.75) is 39.5 Å². The lowest BCUT2D eigenvalue weighted by molar-refractivity contribution is 0.0787. The summed E-state index contributed by atoms with van der Waals surface area (Å²) >= 11 is 0. The van der Waals surface area contributed by atoms with Crippen molar-refractivity contribution in [1.29, 1.82) is 0 Å². The number of hydrogen-bond acceptors (Lipinski definition) is 3. The van der Waals surface area contributed by atoms with Crippen molar-refractivity contribution in [3.8, 4) is 5.88 Å². The van der Waals surface area contributed by atoms with Gasteiger partial charge in [-0.3, -0.25) is 4.79 Å². The largest absolute Gasteiger partial charge is 0.477 e. The molecule has 0 spiro atoms. The average Bonchev–Trinajstić information content (AvgIpc) is 2.92. The van der Waals surface area contributed by atoms with E-state index >= 15 is 0 Å². The van der Waals surface area contributed by atoms with Crippen molar-refractivity contribution in [2.75, 3.05) is 19.7 Å². The first-order chi connectivity index (χ1) is 9.13. The van der Waals surface area contributed by atoms with Crippen molar-refractivity contribution in [3.63, 3.8) is 0 Å². The first-order valence-corrected chi connectivity index (χ1v) is 7.06. The van der Waals surface area contributed by atoms with Crippen LogP contribution in [0.2, 0.25) is 0 Å². The lowest BCUT2D eigenvalue weighted by atomic mass is 10.1. The molecule has 1 aliphatic heterocycles. The minimum Gasteiger partial charge on any atom is -0.477 e. The highest BCUT2D eigenvalue weighted by molar-refractivity contribution is 5.96. The highest BCUT2D eigenvalue weighted by Gasteiger charge is 2.23. The van der Waals surface area contributed by atoms with Gasteiger partial charge in [-0.1, -0.05) is 13.8 Å². The van der Waals surface area contributed by atoms with Gasteiger partial charge in [0, 0.05) is 18.8 Å². The van der Waals surface area contributed by atoms with Gasteiger partial charge >= 0.3 is 0 Å². The molecule has 1 aromatic heterocycles. The van der Waals surface area contributed by atoms with Gasteiger partial charge in [-0.05, 0) is 37.8 Å². The SMILES string of the molecule is CCOc1nc(C(C)C)ccc1C(=O)N1CCCC1. The second-order valence-corrected chi connectivity index (χ2v) is 5.18. The highest BCUT2D eigenvalue weighted by Crippen LogP contribution is 2.23. The molecular weight excluding hydrogens is 240 g/mol. The van der Waals surface area contributed by atoms with Crippen LogP contribution in [0, 0.1) is 0 Å². The first kappa shape index (κ1) is 13.8. The summed E-state index contributed by atoms with van der Waals surface area (Å²) in [6, 6.07) is 3.78. The van der Waals surface area contributed by atoms with Crippen molar-refractivity contribution in [3.05, 3.63) is 23.4 Å². The van der Waals surface area contributed by atoms with Crippen LogP contribution in [0.4, 0.5) is 0 Å². The van der Waals surface area contributed by atoms with E-state index in [1.165, 1.54) is 0 Å². The van der Waals surface area contributed by atoms with Gasteiger partial charge in [-0.15, -0.1) is 0 Å². The first-order valence-electron chi connectivity index (χ1n) is 7.06. The number of rotatable bonds is 4. The Bertz CT molecular complexity index is 451. The van der Waals surface area contributed by atoms with E-state index in [1.807, 2.05) is 24.0 Å². The second kappa shape index (κ2) is 6.04. The van der Waals surface area contributed by atoms with Crippen LogP contribution in [0.5, 0.6) is 5.88 Å². The van der Waals surface area contributed by atoms with Crippen LogP contribution in [-0.2, 0) is 0 Å². The summed E-state index contributed by atoms with van der Waals surface area (Å²) in [6.45, 7) is 8.29. The molecule has 1 aliphatic rings. The minimum atomic E-state index is 0.0451. The molecule has 4 heteroatoms. The number of pyridine rings is 1. The maximum atomic E-state index is 12.4. The molecule has 0 aromatic carbocycles. The summed E-state index contributed by atoms with van der Waals surface area (Å²) in [5, 5.41) is 0. The standard InChI is InChI=1S/C15H22N2O2/c1-4-19-14-12(7-8-13(16-14)11(2)3)15(18)17-9-5-6-10-17/h7-8,11H,4-6,9-10H2,1-3H3. The Morgan fingerprint density at radius 1 is 1.37 bits per heavy atom. The second-order valence-electron chi connectivity index (χ2n) is 5.18. The Kier molecular flexibility index (Phi) is 4.40. The van der Waals surface area contributed by atoms with Crippen LogP contribution in [0.15, 0.2) is 12.1 Å². The number of ether oxygens (including phenoxy) is 1. The number of amides is 1. The predicted octanol–water partition coefficient (Wildman–Crippen LogP) is 2.84. The summed E-state index contributed by atoms with van der Waals surface area (Å²) < 4.78 is 5.55. The van der Waals surface area contributed by atoms with Crippen molar-refractivity contribution >= 4 is 5.91 Å². The molecule has 0 N–H and O–H groups in total. The monoisotopic (exact) mass is 262 g/mol. The number of aromatic nitrogens is 1. The van der Waals surface area contributed by atoms with Crippen LogP contribution in [0.25, 0.3) is 0 Å². The van der Waals surface area contributed by atoms with E-state index < -0.39 is 0 Å². The Morgan fingerprint density at radius 3 is 2.63 bits per heavy atom. The van der Waals surface area contributed by atoms with Crippen molar-refractivity contribution in [2.24, 2.45) is 0 Å². The van der Waals surface area contributed by atoms with Gasteiger partial charge < -0.3 is 9.64 Å². The lowest BCUT2D eigenvalue weighted by Crippen LogP contribution is -2.28. The third-order valence-electron chi connectivity index (χ3n) is 3.38. The molecule has 0 bridgehead atoms. The molecule has 0 aliphatic carbocycles. The summed E-state index contributed by atoms with van der Waals surface area (Å²) in [4.78, 5) is 18.8. The molecule has 0 unspecified atom stereocenters. The molecule has 1 saturated heterocycles. The van der Waals surface area contributed by atoms with Gasteiger partial charge in [0.25, 0.3) is 5.91 Å². The van der Waals surface area contributed by atoms with Gasteiger partial charge in [-0.2, -0.15) is 0 Å². The number of carbonyl (C=O) groups is 1. The molecule has 1 aromatic rings. The summed E-state index contributed by atoms with van der Waals surface area (Å²) in [5.41, 5.74) is 1.55. The van der Waals surface area contributed by atoms with E-state index in [9.17, 15) is 4.79 Å². The number of nitrogens with zero attached hydrogens (tertiary/aromatic N) is 2. The van der Waals surface area contributed by atoms with Gasteiger partial charge in [0.1, 0.15) is 5.56 Å². The molecule has 0 saturated carbocycles.